The number of nitrogens with zero attached hydrogens (tertiary/aromatic N) is 2. The molecule has 1 aromatic carbocycles. The van der Waals surface area contributed by atoms with E-state index in [4.69, 9.17) is 4.74 Å². The first-order valence-corrected chi connectivity index (χ1v) is 7.13. The summed E-state index contributed by atoms with van der Waals surface area (Å²) in [5.74, 6) is -0.244. The Labute approximate surface area is 129 Å². The Morgan fingerprint density at radius 2 is 2.14 bits per heavy atom. The third kappa shape index (κ3) is 4.16. The van der Waals surface area contributed by atoms with Crippen molar-refractivity contribution in [3.63, 3.8) is 0 Å². The summed E-state index contributed by atoms with van der Waals surface area (Å²) in [4.78, 5) is 12.1. The maximum absolute atomic E-state index is 12.1. The molecular formula is C16H21N3O3. The van der Waals surface area contributed by atoms with E-state index in [1.54, 1.807) is 10.9 Å². The molecule has 0 radical (unpaired) electrons. The molecule has 6 heteroatoms. The lowest BCUT2D eigenvalue weighted by atomic mass is 10.2. The second-order valence-electron chi connectivity index (χ2n) is 5.11. The van der Waals surface area contributed by atoms with Crippen LogP contribution in [0.25, 0.3) is 0 Å². The summed E-state index contributed by atoms with van der Waals surface area (Å²) >= 11 is 0. The van der Waals surface area contributed by atoms with Crippen LogP contribution < -0.4 is 5.32 Å². The quantitative estimate of drug-likeness (QED) is 0.799. The average Bonchev–Trinajstić information content (AvgIpc) is 2.87. The van der Waals surface area contributed by atoms with Crippen LogP contribution in [0.1, 0.15) is 21.6 Å². The highest BCUT2D eigenvalue weighted by Gasteiger charge is 2.15. The van der Waals surface area contributed by atoms with Gasteiger partial charge in [0.05, 0.1) is 31.0 Å². The van der Waals surface area contributed by atoms with E-state index >= 15 is 0 Å². The Morgan fingerprint density at radius 3 is 2.82 bits per heavy atom. The van der Waals surface area contributed by atoms with Crippen molar-refractivity contribution in [3.05, 3.63) is 53.3 Å². The molecule has 1 unspecified atom stereocenters. The molecule has 22 heavy (non-hydrogen) atoms. The number of amides is 1. The van der Waals surface area contributed by atoms with Gasteiger partial charge in [0.15, 0.2) is 0 Å². The van der Waals surface area contributed by atoms with Crippen molar-refractivity contribution >= 4 is 5.91 Å². The lowest BCUT2D eigenvalue weighted by Gasteiger charge is -2.10. The first-order valence-electron chi connectivity index (χ1n) is 7.13. The number of aliphatic hydroxyl groups is 1. The van der Waals surface area contributed by atoms with E-state index < -0.39 is 6.10 Å². The van der Waals surface area contributed by atoms with Crippen molar-refractivity contribution in [1.29, 1.82) is 0 Å². The zero-order valence-electron chi connectivity index (χ0n) is 12.8. The Balaban J connectivity index is 1.99. The Morgan fingerprint density at radius 1 is 1.41 bits per heavy atom. The molecule has 1 atom stereocenters. The SMILES string of the molecule is COCC(O)CNC(=O)c1cnn(Cc2ccccc2)c1C. The lowest BCUT2D eigenvalue weighted by molar-refractivity contribution is 0.0609. The summed E-state index contributed by atoms with van der Waals surface area (Å²) in [5, 5.41) is 16.5. The van der Waals surface area contributed by atoms with Crippen LogP contribution in [0.5, 0.6) is 0 Å². The van der Waals surface area contributed by atoms with Gasteiger partial charge in [-0.3, -0.25) is 9.48 Å². The van der Waals surface area contributed by atoms with E-state index in [9.17, 15) is 9.90 Å². The molecule has 0 saturated heterocycles. The van der Waals surface area contributed by atoms with Crippen molar-refractivity contribution in [3.8, 4) is 0 Å². The molecule has 0 saturated carbocycles. The highest BCUT2D eigenvalue weighted by atomic mass is 16.5. The fourth-order valence-corrected chi connectivity index (χ4v) is 2.14. The summed E-state index contributed by atoms with van der Waals surface area (Å²) in [7, 11) is 1.50. The second kappa shape index (κ2) is 7.72. The summed E-state index contributed by atoms with van der Waals surface area (Å²) < 4.78 is 6.61. The van der Waals surface area contributed by atoms with Crippen molar-refractivity contribution in [2.24, 2.45) is 0 Å². The smallest absolute Gasteiger partial charge is 0.254 e. The van der Waals surface area contributed by atoms with E-state index in [1.165, 1.54) is 7.11 Å². The van der Waals surface area contributed by atoms with Crippen molar-refractivity contribution < 1.29 is 14.6 Å². The molecule has 1 heterocycles. The molecule has 0 fully saturated rings. The molecule has 118 valence electrons. The largest absolute Gasteiger partial charge is 0.389 e. The number of carbonyl (C=O) groups is 1. The fraction of sp³-hybridized carbons (Fsp3) is 0.375. The molecule has 0 bridgehead atoms. The van der Waals surface area contributed by atoms with Gasteiger partial charge in [0.25, 0.3) is 5.91 Å². The van der Waals surface area contributed by atoms with Crippen molar-refractivity contribution in [1.82, 2.24) is 15.1 Å². The molecule has 6 nitrogen and oxygen atoms in total. The number of aliphatic hydroxyl groups excluding tert-OH is 1. The standard InChI is InChI=1S/C16H21N3O3/c1-12-15(16(21)17-8-14(20)11-22-2)9-18-19(12)10-13-6-4-3-5-7-13/h3-7,9,14,20H,8,10-11H2,1-2H3,(H,17,21). The van der Waals surface area contributed by atoms with Gasteiger partial charge in [0.2, 0.25) is 0 Å². The van der Waals surface area contributed by atoms with Crippen LogP contribution in [0.3, 0.4) is 0 Å². The average molecular weight is 303 g/mol. The number of carbonyl (C=O) groups excluding carboxylic acids is 1. The van der Waals surface area contributed by atoms with E-state index in [1.807, 2.05) is 37.3 Å². The molecule has 1 amide bonds. The summed E-state index contributed by atoms with van der Waals surface area (Å²) in [6.45, 7) is 2.81. The highest BCUT2D eigenvalue weighted by Crippen LogP contribution is 2.10. The molecule has 2 N–H and O–H groups in total. The molecule has 0 aliphatic carbocycles. The zero-order valence-corrected chi connectivity index (χ0v) is 12.8. The number of hydrogen-bond acceptors (Lipinski definition) is 4. The van der Waals surface area contributed by atoms with Gasteiger partial charge < -0.3 is 15.2 Å². The van der Waals surface area contributed by atoms with E-state index in [0.717, 1.165) is 11.3 Å². The minimum absolute atomic E-state index is 0.149. The van der Waals surface area contributed by atoms with Gasteiger partial charge in [-0.2, -0.15) is 5.10 Å². The van der Waals surface area contributed by atoms with Gasteiger partial charge in [-0.05, 0) is 12.5 Å². The summed E-state index contributed by atoms with van der Waals surface area (Å²) in [6.07, 6.45) is 0.838. The number of rotatable bonds is 7. The first kappa shape index (κ1) is 16.2. The van der Waals surface area contributed by atoms with Crippen LogP contribution in [0.4, 0.5) is 0 Å². The van der Waals surface area contributed by atoms with Gasteiger partial charge in [-0.1, -0.05) is 30.3 Å². The highest BCUT2D eigenvalue weighted by molar-refractivity contribution is 5.95. The predicted molar refractivity (Wildman–Crippen MR) is 82.7 cm³/mol. The van der Waals surface area contributed by atoms with Gasteiger partial charge in [0.1, 0.15) is 0 Å². The van der Waals surface area contributed by atoms with Crippen LogP contribution in [0.15, 0.2) is 36.5 Å². The van der Waals surface area contributed by atoms with Crippen LogP contribution in [0, 0.1) is 6.92 Å². The van der Waals surface area contributed by atoms with Gasteiger partial charge >= 0.3 is 0 Å². The Hall–Kier alpha value is -2.18. The number of methoxy groups -OCH3 is 1. The second-order valence-corrected chi connectivity index (χ2v) is 5.11. The fourth-order valence-electron chi connectivity index (χ4n) is 2.14. The van der Waals surface area contributed by atoms with Crippen LogP contribution in [-0.2, 0) is 11.3 Å². The van der Waals surface area contributed by atoms with Crippen molar-refractivity contribution in [2.45, 2.75) is 19.6 Å². The number of ether oxygens (including phenoxy) is 1. The molecule has 2 rings (SSSR count). The minimum Gasteiger partial charge on any atom is -0.389 e. The number of benzene rings is 1. The molecule has 2 aromatic rings. The van der Waals surface area contributed by atoms with E-state index in [2.05, 4.69) is 10.4 Å². The van der Waals surface area contributed by atoms with Gasteiger partial charge in [-0.15, -0.1) is 0 Å². The molecule has 1 aromatic heterocycles. The Bertz CT molecular complexity index is 610. The normalized spacial score (nSPS) is 12.1. The van der Waals surface area contributed by atoms with Crippen LogP contribution in [-0.4, -0.2) is 47.2 Å². The Kier molecular flexibility index (Phi) is 5.68. The number of hydrogen-bond donors (Lipinski definition) is 2. The third-order valence-electron chi connectivity index (χ3n) is 3.38. The third-order valence-corrected chi connectivity index (χ3v) is 3.38. The van der Waals surface area contributed by atoms with E-state index in [0.29, 0.717) is 12.1 Å². The van der Waals surface area contributed by atoms with Gasteiger partial charge in [0, 0.05) is 19.3 Å². The van der Waals surface area contributed by atoms with Crippen molar-refractivity contribution in [2.75, 3.05) is 20.3 Å². The maximum Gasteiger partial charge on any atom is 0.254 e. The van der Waals surface area contributed by atoms with Crippen LogP contribution in [0.2, 0.25) is 0 Å². The first-order chi connectivity index (χ1) is 10.6. The summed E-state index contributed by atoms with van der Waals surface area (Å²) in [6, 6.07) is 9.94. The van der Waals surface area contributed by atoms with E-state index in [-0.39, 0.29) is 19.1 Å². The predicted octanol–water partition coefficient (Wildman–Crippen LogP) is 0.977. The molecule has 0 aliphatic heterocycles. The maximum atomic E-state index is 12.1. The number of nitrogens with one attached hydrogen (secondary N) is 1. The molecular weight excluding hydrogens is 282 g/mol. The van der Waals surface area contributed by atoms with Gasteiger partial charge in [-0.25, -0.2) is 0 Å². The topological polar surface area (TPSA) is 76.4 Å². The van der Waals surface area contributed by atoms with Crippen LogP contribution >= 0.6 is 0 Å². The zero-order chi connectivity index (χ0) is 15.9. The monoisotopic (exact) mass is 303 g/mol. The molecule has 0 spiro atoms. The number of aromatic nitrogens is 2. The summed E-state index contributed by atoms with van der Waals surface area (Å²) in [5.41, 5.74) is 2.43. The molecule has 0 aliphatic rings. The lowest BCUT2D eigenvalue weighted by Crippen LogP contribution is -2.34. The minimum atomic E-state index is -0.714.